The van der Waals surface area contributed by atoms with Crippen LogP contribution in [0.4, 0.5) is 16.2 Å². The minimum atomic E-state index is -2.11. The molecule has 3 aromatic carbocycles. The van der Waals surface area contributed by atoms with Crippen molar-refractivity contribution in [2.75, 3.05) is 37.4 Å². The molecule has 432 valence electrons. The van der Waals surface area contributed by atoms with Crippen molar-refractivity contribution in [1.82, 2.24) is 20.4 Å². The highest BCUT2D eigenvalue weighted by atomic mass is 16.7. The molecule has 6 aliphatic rings. The zero-order valence-corrected chi connectivity index (χ0v) is 45.6. The molecule has 0 aromatic heterocycles. The number of unbranched alkanes of at least 4 members (excludes halogenated alkanes) is 2. The first-order chi connectivity index (χ1) is 38.6. The van der Waals surface area contributed by atoms with Crippen molar-refractivity contribution in [2.45, 2.75) is 147 Å². The standard InChI is InChI=1S/C57H66N6O18/c1-27(2)46(61-38(65)13-8-7-9-20-63-39(66)18-19-40(63)67)53(73)58-28(3)52(72)59-32-16-14-31(15-17-32)26-78-56(74)60-35-12-10-11-33-42(35)49(70)45-44(47(33)68)48(69)34-24-57(75,30(5)64)25-37(43(34)50(45)71)80-41-23-36-51(29(4)79-41)81-54-55(76-6)77-22-21-62(36)54/h10-12,14-19,27-29,36-37,41,46,51,54-55,69,71,75H,7-9,13,20-26H2,1-6H3,(H,58,73)(H,59,72)(H,60,74)(H,61,65)/t28-,29-,36-,37-,41?,46-,51+,54+,55-,57-/m0/s1. The molecule has 81 heavy (non-hydrogen) atoms. The molecule has 4 aliphatic heterocycles. The summed E-state index contributed by atoms with van der Waals surface area (Å²) < 4.78 is 35.9. The van der Waals surface area contributed by atoms with E-state index in [1.165, 1.54) is 51.3 Å². The first-order valence-corrected chi connectivity index (χ1v) is 27.0. The van der Waals surface area contributed by atoms with E-state index in [2.05, 4.69) is 26.2 Å². The Bertz CT molecular complexity index is 3050. The van der Waals surface area contributed by atoms with E-state index in [0.717, 1.165) is 4.90 Å². The molecule has 3 saturated heterocycles. The highest BCUT2D eigenvalue weighted by molar-refractivity contribution is 6.32. The van der Waals surface area contributed by atoms with Crippen LogP contribution in [-0.2, 0) is 70.2 Å². The van der Waals surface area contributed by atoms with Gasteiger partial charge in [-0.15, -0.1) is 0 Å². The third-order valence-electron chi connectivity index (χ3n) is 15.7. The van der Waals surface area contributed by atoms with Crippen LogP contribution >= 0.6 is 0 Å². The maximum absolute atomic E-state index is 14.7. The average molecular weight is 1120 g/mol. The van der Waals surface area contributed by atoms with Gasteiger partial charge in [-0.3, -0.25) is 53.5 Å². The molecule has 3 aromatic rings. The lowest BCUT2D eigenvalue weighted by Crippen LogP contribution is -2.55. The van der Waals surface area contributed by atoms with E-state index in [1.807, 2.05) is 6.92 Å². The number of carbonyl (C=O) groups excluding carboxylic acids is 9. The van der Waals surface area contributed by atoms with Gasteiger partial charge < -0.3 is 59.7 Å². The van der Waals surface area contributed by atoms with Crippen molar-refractivity contribution in [3.63, 3.8) is 0 Å². The van der Waals surface area contributed by atoms with Gasteiger partial charge in [0.2, 0.25) is 17.7 Å². The van der Waals surface area contributed by atoms with E-state index in [4.69, 9.17) is 28.4 Å². The molecular weight excluding hydrogens is 1060 g/mol. The Hall–Kier alpha value is -7.45. The summed E-state index contributed by atoms with van der Waals surface area (Å²) in [5, 5.41) is 46.5. The molecule has 24 heteroatoms. The average Bonchev–Trinajstić information content (AvgIpc) is 4.14. The van der Waals surface area contributed by atoms with Crippen LogP contribution in [0.5, 0.6) is 11.5 Å². The Kier molecular flexibility index (Phi) is 17.2. The fourth-order valence-corrected chi connectivity index (χ4v) is 11.3. The molecule has 6 amide bonds. The molecule has 9 rings (SSSR count). The summed E-state index contributed by atoms with van der Waals surface area (Å²) >= 11 is 0. The molecular formula is C57H66N6O18. The van der Waals surface area contributed by atoms with E-state index >= 15 is 0 Å². The van der Waals surface area contributed by atoms with E-state index < -0.39 is 119 Å². The Morgan fingerprint density at radius 1 is 0.852 bits per heavy atom. The first-order valence-electron chi connectivity index (χ1n) is 27.0. The number of phenols is 2. The van der Waals surface area contributed by atoms with Gasteiger partial charge in [-0.2, -0.15) is 0 Å². The van der Waals surface area contributed by atoms with Gasteiger partial charge in [0.15, 0.2) is 36.2 Å². The summed E-state index contributed by atoms with van der Waals surface area (Å²) in [5.74, 6) is -6.44. The second-order valence-corrected chi connectivity index (χ2v) is 21.5. The highest BCUT2D eigenvalue weighted by Crippen LogP contribution is 2.53. The largest absolute Gasteiger partial charge is 0.507 e. The summed E-state index contributed by atoms with van der Waals surface area (Å²) in [5.41, 5.74) is -3.35. The summed E-state index contributed by atoms with van der Waals surface area (Å²) in [4.78, 5) is 121. The van der Waals surface area contributed by atoms with Gasteiger partial charge in [0.1, 0.15) is 41.9 Å². The van der Waals surface area contributed by atoms with Crippen LogP contribution in [-0.4, -0.2) is 160 Å². The predicted octanol–water partition coefficient (Wildman–Crippen LogP) is 3.55. The summed E-state index contributed by atoms with van der Waals surface area (Å²) in [6, 6.07) is 8.13. The molecule has 0 saturated carbocycles. The number of benzene rings is 3. The summed E-state index contributed by atoms with van der Waals surface area (Å²) in [6.07, 6.45) is -1.97. The molecule has 7 N–H and O–H groups in total. The minimum absolute atomic E-state index is 0.116. The second-order valence-electron chi connectivity index (χ2n) is 21.5. The molecule has 24 nitrogen and oxygen atoms in total. The lowest BCUT2D eigenvalue weighted by atomic mass is 9.72. The van der Waals surface area contributed by atoms with Crippen LogP contribution in [0.15, 0.2) is 54.6 Å². The number of fused-ring (bicyclic) bond motifs is 6. The minimum Gasteiger partial charge on any atom is -0.507 e. The maximum Gasteiger partial charge on any atom is 0.411 e. The van der Waals surface area contributed by atoms with Gasteiger partial charge in [0, 0.05) is 86.5 Å². The maximum atomic E-state index is 14.7. The second kappa shape index (κ2) is 23.9. The fourth-order valence-electron chi connectivity index (χ4n) is 11.3. The van der Waals surface area contributed by atoms with Crippen LogP contribution in [0.3, 0.4) is 0 Å². The van der Waals surface area contributed by atoms with E-state index in [9.17, 15) is 58.5 Å². The van der Waals surface area contributed by atoms with Gasteiger partial charge in [-0.1, -0.05) is 44.5 Å². The molecule has 0 spiro atoms. The number of rotatable bonds is 19. The van der Waals surface area contributed by atoms with Crippen molar-refractivity contribution >= 4 is 64.4 Å². The number of anilines is 2. The lowest BCUT2D eigenvalue weighted by molar-refractivity contribution is -0.256. The van der Waals surface area contributed by atoms with Crippen LogP contribution in [0.2, 0.25) is 0 Å². The zero-order chi connectivity index (χ0) is 58.2. The number of ketones is 3. The number of Topliss-reactive ketones (excluding diaryl/α,β-unsaturated/α-hetero) is 1. The molecule has 4 heterocycles. The number of ether oxygens (including phenoxy) is 6. The number of carbonyl (C=O) groups is 9. The van der Waals surface area contributed by atoms with Gasteiger partial charge >= 0.3 is 6.09 Å². The van der Waals surface area contributed by atoms with Crippen molar-refractivity contribution in [3.05, 3.63) is 93.6 Å². The number of morpholine rings is 1. The van der Waals surface area contributed by atoms with Gasteiger partial charge in [-0.25, -0.2) is 4.79 Å². The van der Waals surface area contributed by atoms with Crippen molar-refractivity contribution in [2.24, 2.45) is 5.92 Å². The fraction of sp³-hybridized carbons (Fsp3) is 0.491. The third-order valence-corrected chi connectivity index (χ3v) is 15.7. The molecule has 0 radical (unpaired) electrons. The van der Waals surface area contributed by atoms with Crippen LogP contribution in [0.25, 0.3) is 0 Å². The van der Waals surface area contributed by atoms with E-state index in [-0.39, 0.29) is 89.7 Å². The Morgan fingerprint density at radius 2 is 1.57 bits per heavy atom. The molecule has 1 unspecified atom stereocenters. The van der Waals surface area contributed by atoms with Crippen molar-refractivity contribution in [1.29, 1.82) is 0 Å². The smallest absolute Gasteiger partial charge is 0.411 e. The van der Waals surface area contributed by atoms with Gasteiger partial charge in [-0.05, 0) is 63.3 Å². The zero-order valence-electron chi connectivity index (χ0n) is 45.6. The quantitative estimate of drug-likeness (QED) is 0.0401. The van der Waals surface area contributed by atoms with Gasteiger partial charge in [0.25, 0.3) is 11.8 Å². The number of nitrogens with one attached hydrogen (secondary N) is 4. The van der Waals surface area contributed by atoms with E-state index in [1.54, 1.807) is 38.1 Å². The predicted molar refractivity (Wildman–Crippen MR) is 283 cm³/mol. The number of amides is 6. The molecule has 2 aliphatic carbocycles. The molecule has 3 fully saturated rings. The summed E-state index contributed by atoms with van der Waals surface area (Å²) in [6.45, 7) is 8.86. The Morgan fingerprint density at radius 3 is 2.26 bits per heavy atom. The van der Waals surface area contributed by atoms with Crippen molar-refractivity contribution < 1.29 is 86.9 Å². The number of hydrogen-bond acceptors (Lipinski definition) is 19. The Balaban J connectivity index is 0.811. The number of nitrogens with zero attached hydrogens (tertiary/aromatic N) is 2. The van der Waals surface area contributed by atoms with Crippen LogP contribution in [0.1, 0.15) is 128 Å². The number of aliphatic hydroxyl groups is 1. The first kappa shape index (κ1) is 58.2. The number of imide groups is 1. The Labute approximate surface area is 465 Å². The van der Waals surface area contributed by atoms with E-state index in [0.29, 0.717) is 43.7 Å². The lowest BCUT2D eigenvalue weighted by Gasteiger charge is -2.43. The topological polar surface area (TPSA) is 324 Å². The normalized spacial score (nSPS) is 25.5. The highest BCUT2D eigenvalue weighted by Gasteiger charge is 2.55. The number of phenolic OH excluding ortho intramolecular Hbond substituents is 2. The third kappa shape index (κ3) is 11.9. The number of methoxy groups -OCH3 is 1. The van der Waals surface area contributed by atoms with Gasteiger partial charge in [0.05, 0.1) is 41.2 Å². The van der Waals surface area contributed by atoms with Crippen LogP contribution < -0.4 is 21.3 Å². The SMILES string of the molecule is CO[C@H]1OCCN2[C@@H]1O[C@@H]1[C@H](C)OC(O[C@H]3C[C@](O)(C(C)=O)Cc4c(O)c5c(c(O)c43)C(=O)c3c(NC(=O)OCc4ccc(NC(=O)[C@H](C)NC(=O)[C@@H](NC(=O)CCCCCN6C(=O)C=CC6=O)C(C)C)cc4)cccc3C5=O)C[C@@H]12. The van der Waals surface area contributed by atoms with Crippen molar-refractivity contribution in [3.8, 4) is 11.5 Å². The molecule has 0 bridgehead atoms. The number of hydrogen-bond donors (Lipinski definition) is 7. The number of aromatic hydroxyl groups is 2. The van der Waals surface area contributed by atoms with Crippen LogP contribution in [0, 0.1) is 5.92 Å². The molecule has 10 atom stereocenters. The monoisotopic (exact) mass is 1120 g/mol. The summed E-state index contributed by atoms with van der Waals surface area (Å²) in [7, 11) is 1.52.